The molecule has 0 unspecified atom stereocenters. The summed E-state index contributed by atoms with van der Waals surface area (Å²) in [6.45, 7) is 10.3. The Kier molecular flexibility index (Phi) is 15.8. The number of aldehydes is 5. The molecule has 0 radical (unpaired) electrons. The van der Waals surface area contributed by atoms with E-state index in [2.05, 4.69) is 40.0 Å². The quantitative estimate of drug-likeness (QED) is 0.115. The van der Waals surface area contributed by atoms with Gasteiger partial charge in [0.05, 0.1) is 117 Å². The molecule has 0 bridgehead atoms. The number of imidazole rings is 5. The van der Waals surface area contributed by atoms with E-state index in [0.29, 0.717) is 45.4 Å². The fourth-order valence-corrected chi connectivity index (χ4v) is 10.7. The molecule has 22 heteroatoms. The van der Waals surface area contributed by atoms with Crippen molar-refractivity contribution >= 4 is 75.1 Å². The molecule has 13 aromatic rings. The Morgan fingerprint density at radius 1 is 0.440 bits per heavy atom. The van der Waals surface area contributed by atoms with Crippen LogP contribution in [0.15, 0.2) is 150 Å². The van der Waals surface area contributed by atoms with Crippen molar-refractivity contribution in [2.45, 2.75) is 53.9 Å². The number of oxazole rings is 1. The zero-order valence-electron chi connectivity index (χ0n) is 46.0. The predicted molar refractivity (Wildman–Crippen MR) is 313 cm³/mol. The number of rotatable bonds is 10. The van der Waals surface area contributed by atoms with Crippen molar-refractivity contribution in [3.05, 3.63) is 214 Å². The lowest BCUT2D eigenvalue weighted by Gasteiger charge is -2.24. The molecule has 0 saturated carbocycles. The Labute approximate surface area is 482 Å². The van der Waals surface area contributed by atoms with Crippen molar-refractivity contribution < 1.29 is 37.6 Å². The molecule has 0 fully saturated rings. The number of carbonyl (C=O) groups is 5. The van der Waals surface area contributed by atoms with Gasteiger partial charge in [0.1, 0.15) is 23.8 Å². The van der Waals surface area contributed by atoms with E-state index in [9.17, 15) is 24.0 Å². The molecule has 0 amide bonds. The number of aromatic nitrogens is 13. The van der Waals surface area contributed by atoms with Gasteiger partial charge in [0.25, 0.3) is 0 Å². The van der Waals surface area contributed by atoms with E-state index in [-0.39, 0.29) is 0 Å². The maximum absolute atomic E-state index is 10.9. The highest BCUT2D eigenvalue weighted by Crippen LogP contribution is 2.35. The number of aryl methyl sites for hydroxylation is 5. The monoisotopic (exact) mass is 1140 g/mol. The Morgan fingerprint density at radius 3 is 1.43 bits per heavy atom. The average molecular weight is 1140 g/mol. The molecule has 9 heterocycles. The van der Waals surface area contributed by atoms with Crippen LogP contribution in [0.2, 0.25) is 0 Å². The van der Waals surface area contributed by atoms with Gasteiger partial charge in [0, 0.05) is 76.5 Å². The van der Waals surface area contributed by atoms with Crippen molar-refractivity contribution in [2.24, 2.45) is 0 Å². The number of carbonyl (C=O) groups excluding carboxylic acids is 5. The number of nitrogens with zero attached hydrogens (tertiary/aromatic N) is 13. The maximum atomic E-state index is 10.9. The molecule has 21 nitrogen and oxygen atoms in total. The second-order valence-corrected chi connectivity index (χ2v) is 20.4. The van der Waals surface area contributed by atoms with Crippen LogP contribution in [-0.2, 0) is 19.3 Å². The molecule has 84 heavy (non-hydrogen) atoms. The van der Waals surface area contributed by atoms with Gasteiger partial charge in [0.2, 0.25) is 0 Å². The average Bonchev–Trinajstić information content (AvgIpc) is 4.16. The van der Waals surface area contributed by atoms with Crippen LogP contribution < -0.4 is 4.74 Å². The highest BCUT2D eigenvalue weighted by molar-refractivity contribution is 7.17. The fraction of sp³-hybridized carbons (Fsp3) is 0.145. The van der Waals surface area contributed by atoms with Gasteiger partial charge in [-0.15, -0.1) is 11.3 Å². The van der Waals surface area contributed by atoms with Gasteiger partial charge < -0.3 is 36.5 Å². The van der Waals surface area contributed by atoms with E-state index in [4.69, 9.17) is 13.7 Å². The van der Waals surface area contributed by atoms with Gasteiger partial charge in [-0.1, -0.05) is 5.16 Å². The summed E-state index contributed by atoms with van der Waals surface area (Å²) in [5.74, 6) is 0.812. The number of thiazole rings is 1. The molecule has 418 valence electrons. The molecule has 0 atom stereocenters. The van der Waals surface area contributed by atoms with Gasteiger partial charge in [-0.25, -0.2) is 34.9 Å². The van der Waals surface area contributed by atoms with Crippen LogP contribution in [0.5, 0.6) is 5.75 Å². The topological polar surface area (TPSA) is 249 Å². The first-order chi connectivity index (χ1) is 41.0. The standard InChI is InChI=1S/C13H12N2O2.C13H12N2O.2C12H9N3O2.C12H9N3OS/c1-9-6-15(8-14-9)12-3-2-10(7-16)11-4-5-17-13(11)12;1-9-6-15(8-14-9)13-5-2-10(7-16)11-3-4-12(11)13;1-8-5-15(7-13-8)11-3-2-9(6-16)10-4-14-17-12(10)11;2*1-8-4-15(6-13-8)10-3-2-9(5-16)11-12(10)17-7-14-11/h2-3,6-8H,4-5H2,1H3;2,5-8H,3-4H2,1H3;3*2-7H,1H3. The lowest BCUT2D eigenvalue weighted by atomic mass is 9.83. The number of hydrogen-bond donors (Lipinski definition) is 0. The lowest BCUT2D eigenvalue weighted by Crippen LogP contribution is -2.15. The fourth-order valence-electron chi connectivity index (χ4n) is 9.86. The summed E-state index contributed by atoms with van der Waals surface area (Å²) in [6, 6.07) is 18.5. The number of ether oxygens (including phenoxy) is 1. The molecular weight excluding hydrogens is 1090 g/mol. The molecular formula is C62H51N13O8S. The molecule has 15 rings (SSSR count). The third kappa shape index (κ3) is 11.0. The zero-order chi connectivity index (χ0) is 58.4. The predicted octanol–water partition coefficient (Wildman–Crippen LogP) is 10.9. The molecule has 2 aliphatic rings. The van der Waals surface area contributed by atoms with Crippen LogP contribution in [0.25, 0.3) is 60.7 Å². The smallest absolute Gasteiger partial charge is 0.191 e. The summed E-state index contributed by atoms with van der Waals surface area (Å²) in [6.07, 6.45) is 28.4. The van der Waals surface area contributed by atoms with Crippen LogP contribution in [0.3, 0.4) is 0 Å². The minimum absolute atomic E-state index is 0.523. The van der Waals surface area contributed by atoms with Gasteiger partial charge in [-0.3, -0.25) is 24.0 Å². The molecule has 0 N–H and O–H groups in total. The Hall–Kier alpha value is -10.9. The summed E-state index contributed by atoms with van der Waals surface area (Å²) in [7, 11) is 0. The first-order valence-electron chi connectivity index (χ1n) is 26.3. The third-order valence-corrected chi connectivity index (χ3v) is 14.9. The second-order valence-electron chi connectivity index (χ2n) is 19.6. The Balaban J connectivity index is 0.000000110. The van der Waals surface area contributed by atoms with Crippen LogP contribution in [-0.4, -0.2) is 101 Å². The van der Waals surface area contributed by atoms with Gasteiger partial charge in [-0.2, -0.15) is 0 Å². The normalized spacial score (nSPS) is 11.8. The van der Waals surface area contributed by atoms with E-state index in [1.807, 2.05) is 137 Å². The first-order valence-corrected chi connectivity index (χ1v) is 27.2. The number of fused-ring (bicyclic) bond motifs is 5. The van der Waals surface area contributed by atoms with Crippen LogP contribution in [0.1, 0.15) is 96.9 Å². The SMILES string of the molecule is Cc1cn(-c2ccc(C=O)c3c2CC3)cn1.Cc1cn(-c2ccc(C=O)c3c2OCC3)cn1.Cc1cn(-c2ccc(C=O)c3cnoc23)cn1.Cc1cn(-c2ccc(C=O)c3ncoc23)cn1.Cc1cn(-c2ccc(C=O)c3ncsc23)cn1. The van der Waals surface area contributed by atoms with Crippen LogP contribution in [0, 0.1) is 34.6 Å². The van der Waals surface area contributed by atoms with Crippen molar-refractivity contribution in [2.75, 3.05) is 6.61 Å². The molecule has 0 saturated heterocycles. The minimum Gasteiger partial charge on any atom is -0.491 e. The van der Waals surface area contributed by atoms with Gasteiger partial charge >= 0.3 is 0 Å². The van der Waals surface area contributed by atoms with Crippen molar-refractivity contribution in [1.29, 1.82) is 0 Å². The van der Waals surface area contributed by atoms with Crippen molar-refractivity contribution in [3.8, 4) is 34.2 Å². The van der Waals surface area contributed by atoms with Crippen LogP contribution in [0.4, 0.5) is 0 Å². The molecule has 0 spiro atoms. The minimum atomic E-state index is 0.523. The molecule has 8 aromatic heterocycles. The van der Waals surface area contributed by atoms with E-state index in [1.54, 1.807) is 55.2 Å². The van der Waals surface area contributed by atoms with Crippen molar-refractivity contribution in [3.63, 3.8) is 0 Å². The summed E-state index contributed by atoms with van der Waals surface area (Å²) in [5, 5.41) is 4.45. The van der Waals surface area contributed by atoms with E-state index in [1.165, 1.54) is 28.9 Å². The lowest BCUT2D eigenvalue weighted by molar-refractivity contribution is 0.111. The summed E-state index contributed by atoms with van der Waals surface area (Å²) < 4.78 is 26.8. The third-order valence-electron chi connectivity index (χ3n) is 14.0. The van der Waals surface area contributed by atoms with E-state index >= 15 is 0 Å². The van der Waals surface area contributed by atoms with E-state index in [0.717, 1.165) is 140 Å². The van der Waals surface area contributed by atoms with Gasteiger partial charge in [0.15, 0.2) is 36.4 Å². The highest BCUT2D eigenvalue weighted by atomic mass is 32.1. The summed E-state index contributed by atoms with van der Waals surface area (Å²) in [4.78, 5) is 83.7. The van der Waals surface area contributed by atoms with Crippen molar-refractivity contribution in [1.82, 2.24) is 62.9 Å². The maximum Gasteiger partial charge on any atom is 0.191 e. The van der Waals surface area contributed by atoms with Crippen LogP contribution >= 0.6 is 11.3 Å². The summed E-state index contributed by atoms with van der Waals surface area (Å²) in [5.41, 5.74) is 20.6. The summed E-state index contributed by atoms with van der Waals surface area (Å²) >= 11 is 1.53. The first kappa shape index (κ1) is 55.1. The Morgan fingerprint density at radius 2 is 0.893 bits per heavy atom. The molecule has 1 aliphatic carbocycles. The van der Waals surface area contributed by atoms with E-state index < -0.39 is 0 Å². The number of benzene rings is 5. The molecule has 1 aliphatic heterocycles. The second kappa shape index (κ2) is 24.1. The largest absolute Gasteiger partial charge is 0.491 e. The number of hydrogen-bond acceptors (Lipinski definition) is 17. The van der Waals surface area contributed by atoms with Gasteiger partial charge in [-0.05, 0) is 119 Å². The Bertz CT molecular complexity index is 4300. The zero-order valence-corrected chi connectivity index (χ0v) is 46.8. The molecule has 5 aromatic carbocycles. The highest BCUT2D eigenvalue weighted by Gasteiger charge is 2.23.